The van der Waals surface area contributed by atoms with Crippen LogP contribution in [0.4, 0.5) is 8.78 Å². The summed E-state index contributed by atoms with van der Waals surface area (Å²) >= 11 is 24.5. The van der Waals surface area contributed by atoms with E-state index < -0.39 is 125 Å². The smallest absolute Gasteiger partial charge is 0.306 e. The molecule has 2 amide bonds. The lowest BCUT2D eigenvalue weighted by atomic mass is 9.85. The fourth-order valence-electron chi connectivity index (χ4n) is 10.1. The first-order valence-corrected chi connectivity index (χ1v) is 30.2. The van der Waals surface area contributed by atoms with Crippen molar-refractivity contribution in [1.82, 2.24) is 9.80 Å². The second-order valence-electron chi connectivity index (χ2n) is 23.0. The van der Waals surface area contributed by atoms with Gasteiger partial charge < -0.3 is 29.5 Å². The van der Waals surface area contributed by atoms with Crippen molar-refractivity contribution < 1.29 is 64.5 Å². The third-order valence-corrected chi connectivity index (χ3v) is 21.3. The van der Waals surface area contributed by atoms with Crippen LogP contribution in [0.15, 0.2) is 84.9 Å². The zero-order chi connectivity index (χ0) is 57.8. The van der Waals surface area contributed by atoms with Crippen LogP contribution in [0.3, 0.4) is 0 Å². The third-order valence-electron chi connectivity index (χ3n) is 14.9. The maximum absolute atomic E-state index is 14.8. The quantitative estimate of drug-likeness (QED) is 0.108. The van der Waals surface area contributed by atoms with Gasteiger partial charge in [0, 0.05) is 22.1 Å². The predicted molar refractivity (Wildman–Crippen MR) is 294 cm³/mol. The van der Waals surface area contributed by atoms with Crippen LogP contribution < -0.4 is 0 Å². The molecule has 2 saturated heterocycles. The Morgan fingerprint density at radius 3 is 1.19 bits per heavy atom. The van der Waals surface area contributed by atoms with Gasteiger partial charge in [-0.05, 0) is 164 Å². The molecule has 2 aliphatic heterocycles. The first kappa shape index (κ1) is 61.2. The number of morpholine rings is 2. The molecule has 22 heteroatoms. The molecule has 78 heavy (non-hydrogen) atoms. The van der Waals surface area contributed by atoms with Crippen molar-refractivity contribution in [2.24, 2.45) is 11.8 Å². The van der Waals surface area contributed by atoms with Crippen LogP contribution in [0.5, 0.6) is 0 Å². The van der Waals surface area contributed by atoms with Crippen LogP contribution in [-0.2, 0) is 48.3 Å². The highest BCUT2D eigenvalue weighted by atomic mass is 35.5. The summed E-state index contributed by atoms with van der Waals surface area (Å²) in [7, 11) is -7.42. The van der Waals surface area contributed by atoms with Crippen molar-refractivity contribution in [1.29, 1.82) is 0 Å². The Morgan fingerprint density at radius 1 is 0.590 bits per heavy atom. The highest BCUT2D eigenvalue weighted by Gasteiger charge is 2.59. The van der Waals surface area contributed by atoms with Gasteiger partial charge in [0.25, 0.3) is 11.8 Å². The Balaban J connectivity index is 0.000000226. The van der Waals surface area contributed by atoms with E-state index in [2.05, 4.69) is 0 Å². The average molecular weight is 1200 g/mol. The SMILES string of the molecule is CC(C)(C)S(=O)(=O)C[C@H](C1CC1)N1C(=O)[C@@](C)(CC(=O)O)O[C@H](c2cccc(Cl)c2)[C@H]1c1ccc(Cl)c(F)c1.CC(C)(C)S(=O)(=O)C[C@H](C1CC1)N1C(=O)[C@](C)(CC(=O)O)O[C@H](c2cccc(Cl)c2)[C@H]1c1ccc(Cl)c(F)c1. The number of ether oxygens (including phenoxy) is 2. The van der Waals surface area contributed by atoms with Crippen molar-refractivity contribution in [2.45, 2.75) is 151 Å². The van der Waals surface area contributed by atoms with E-state index >= 15 is 0 Å². The van der Waals surface area contributed by atoms with Gasteiger partial charge in [0.05, 0.1) is 56.0 Å². The van der Waals surface area contributed by atoms with Crippen molar-refractivity contribution >= 4 is 89.8 Å². The van der Waals surface area contributed by atoms with Gasteiger partial charge in [0.2, 0.25) is 0 Å². The monoisotopic (exact) mass is 1200 g/mol. The number of nitrogens with zero attached hydrogens (tertiary/aromatic N) is 2. The molecule has 0 aromatic heterocycles. The van der Waals surface area contributed by atoms with Gasteiger partial charge in [-0.1, -0.05) is 82.8 Å². The minimum absolute atomic E-state index is 0.113. The van der Waals surface area contributed by atoms with Crippen molar-refractivity contribution in [2.75, 3.05) is 11.5 Å². The van der Waals surface area contributed by atoms with Crippen molar-refractivity contribution in [3.05, 3.63) is 139 Å². The summed E-state index contributed by atoms with van der Waals surface area (Å²) in [5.74, 6) is -6.17. The molecule has 0 unspecified atom stereocenters. The summed E-state index contributed by atoms with van der Waals surface area (Å²) in [5.41, 5.74) is -1.90. The number of sulfone groups is 2. The van der Waals surface area contributed by atoms with Crippen LogP contribution in [-0.4, -0.2) is 105 Å². The molecule has 424 valence electrons. The zero-order valence-corrected chi connectivity index (χ0v) is 49.0. The molecule has 8 rings (SSSR count). The largest absolute Gasteiger partial charge is 0.481 e. The molecule has 2 N–H and O–H groups in total. The molecule has 2 aliphatic carbocycles. The van der Waals surface area contributed by atoms with E-state index in [9.17, 15) is 55.0 Å². The predicted octanol–water partition coefficient (Wildman–Crippen LogP) is 12.0. The molecule has 4 fully saturated rings. The summed E-state index contributed by atoms with van der Waals surface area (Å²) in [5, 5.41) is 20.0. The normalized spacial score (nSPS) is 25.0. The molecule has 2 saturated carbocycles. The fraction of sp³-hybridized carbons (Fsp3) is 0.500. The van der Waals surface area contributed by atoms with Crippen LogP contribution in [0.25, 0.3) is 0 Å². The lowest BCUT2D eigenvalue weighted by molar-refractivity contribution is -0.206. The Hall–Kier alpha value is -4.40. The Morgan fingerprint density at radius 2 is 0.923 bits per heavy atom. The van der Waals surface area contributed by atoms with Gasteiger partial charge in [-0.3, -0.25) is 19.2 Å². The zero-order valence-electron chi connectivity index (χ0n) is 44.3. The molecule has 4 aliphatic rings. The molecule has 0 radical (unpaired) electrons. The minimum Gasteiger partial charge on any atom is -0.481 e. The number of hydrogen-bond acceptors (Lipinski definition) is 10. The molecular formula is C56H64Cl4F2N2O12S2. The van der Waals surface area contributed by atoms with Gasteiger partial charge in [-0.2, -0.15) is 0 Å². The summed E-state index contributed by atoms with van der Waals surface area (Å²) in [6, 6.07) is 18.2. The molecule has 2 heterocycles. The lowest BCUT2D eigenvalue weighted by Gasteiger charge is -2.52. The van der Waals surface area contributed by atoms with Crippen molar-refractivity contribution in [3.63, 3.8) is 0 Å². The Labute approximate surface area is 474 Å². The Bertz CT molecular complexity index is 2990. The van der Waals surface area contributed by atoms with E-state index in [1.165, 1.54) is 47.9 Å². The summed E-state index contributed by atoms with van der Waals surface area (Å²) in [6.07, 6.45) is -0.450. The summed E-state index contributed by atoms with van der Waals surface area (Å²) in [6.45, 7) is 12.4. The van der Waals surface area contributed by atoms with Gasteiger partial charge >= 0.3 is 11.9 Å². The van der Waals surface area contributed by atoms with E-state index in [0.29, 0.717) is 58.0 Å². The van der Waals surface area contributed by atoms with Gasteiger partial charge in [-0.15, -0.1) is 0 Å². The Kier molecular flexibility index (Phi) is 17.9. The first-order valence-electron chi connectivity index (χ1n) is 25.4. The van der Waals surface area contributed by atoms with E-state index in [4.69, 9.17) is 55.9 Å². The standard InChI is InChI=1S/2C28H32Cl2FNO6S/c2*1-27(2,3)39(36,37)15-22(16-8-9-16)32-24(17-10-11-20(30)21(31)13-17)25(18-6-5-7-19(29)12-18)38-28(4,26(32)35)14-23(33)34/h2*5-7,10-13,16,22,24-25H,8-9,14-15H2,1-4H3,(H,33,34)/t22-,24-,25-,28+;22-,24-,25-,28-/m11/s1. The molecule has 4 aromatic carbocycles. The number of carboxylic acids is 2. The maximum atomic E-state index is 14.8. The second kappa shape index (κ2) is 22.9. The van der Waals surface area contributed by atoms with Crippen LogP contribution >= 0.6 is 46.4 Å². The first-order chi connectivity index (χ1) is 36.1. The number of rotatable bonds is 16. The molecule has 8 atom stereocenters. The second-order valence-corrected chi connectivity index (χ2v) is 30.3. The number of carbonyl (C=O) groups excluding carboxylic acids is 2. The number of carboxylic acid groups (broad SMARTS) is 2. The highest BCUT2D eigenvalue weighted by molar-refractivity contribution is 7.93. The minimum atomic E-state index is -3.71. The third kappa shape index (κ3) is 13.3. The molecule has 0 bridgehead atoms. The number of halogens is 6. The van der Waals surface area contributed by atoms with Crippen LogP contribution in [0, 0.1) is 23.5 Å². The number of benzene rings is 4. The highest BCUT2D eigenvalue weighted by Crippen LogP contribution is 2.53. The number of carbonyl (C=O) groups is 4. The molecular weight excluding hydrogens is 1140 g/mol. The number of amides is 2. The van der Waals surface area contributed by atoms with Crippen LogP contribution in [0.2, 0.25) is 20.1 Å². The van der Waals surface area contributed by atoms with Gasteiger partial charge in [-0.25, -0.2) is 25.6 Å². The molecule has 14 nitrogen and oxygen atoms in total. The van der Waals surface area contributed by atoms with Crippen molar-refractivity contribution in [3.8, 4) is 0 Å². The summed E-state index contributed by atoms with van der Waals surface area (Å²) < 4.78 is 93.9. The van der Waals surface area contributed by atoms with Crippen LogP contribution in [0.1, 0.15) is 140 Å². The fourth-order valence-corrected chi connectivity index (χ4v) is 13.5. The summed E-state index contributed by atoms with van der Waals surface area (Å²) in [4.78, 5) is 55.2. The van der Waals surface area contributed by atoms with Gasteiger partial charge in [0.15, 0.2) is 30.9 Å². The van der Waals surface area contributed by atoms with E-state index in [-0.39, 0.29) is 33.4 Å². The van der Waals surface area contributed by atoms with Gasteiger partial charge in [0.1, 0.15) is 23.8 Å². The van der Waals surface area contributed by atoms with E-state index in [0.717, 1.165) is 0 Å². The topological polar surface area (TPSA) is 202 Å². The van der Waals surface area contributed by atoms with E-state index in [1.807, 2.05) is 0 Å². The number of hydrogen-bond donors (Lipinski definition) is 2. The molecule has 4 aromatic rings. The maximum Gasteiger partial charge on any atom is 0.306 e. The average Bonchev–Trinajstić information content (AvgIpc) is 4.40. The number of aliphatic carboxylic acids is 2. The van der Waals surface area contributed by atoms with E-state index in [1.54, 1.807) is 102 Å². The molecule has 0 spiro atoms. The lowest BCUT2D eigenvalue weighted by Crippen LogP contribution is -2.62.